The molecule has 11 heteroatoms. The van der Waals surface area contributed by atoms with Gasteiger partial charge in [0.05, 0.1) is 33.5 Å². The van der Waals surface area contributed by atoms with Crippen LogP contribution in [-0.4, -0.2) is 46.2 Å². The van der Waals surface area contributed by atoms with E-state index in [1.807, 2.05) is 0 Å². The van der Waals surface area contributed by atoms with Gasteiger partial charge in [0.25, 0.3) is 5.91 Å². The van der Waals surface area contributed by atoms with Crippen LogP contribution in [0.4, 0.5) is 11.4 Å². The van der Waals surface area contributed by atoms with E-state index in [1.165, 1.54) is 53.6 Å². The fraction of sp³-hybridized carbons (Fsp3) is 0.300. The number of azo groups is 1. The molecule has 0 radical (unpaired) electrons. The first-order chi connectivity index (χ1) is 14.8. The summed E-state index contributed by atoms with van der Waals surface area (Å²) in [6.45, 7) is 1.20. The summed E-state index contributed by atoms with van der Waals surface area (Å²) in [5.41, 5.74) is 0.391. The van der Waals surface area contributed by atoms with Crippen molar-refractivity contribution in [1.82, 2.24) is 0 Å². The Morgan fingerprint density at radius 1 is 0.935 bits per heavy atom. The molecule has 1 unspecified atom stereocenters. The van der Waals surface area contributed by atoms with Crippen LogP contribution in [-0.2, 0) is 9.59 Å². The number of carbonyl (C=O) groups is 2. The Hall–Kier alpha value is -3.04. The molecule has 0 bridgehead atoms. The molecule has 0 aromatic heterocycles. The number of ether oxygens (including phenoxy) is 4. The lowest BCUT2D eigenvalue weighted by atomic mass is 10.2. The molecule has 0 fully saturated rings. The Labute approximate surface area is 189 Å². The van der Waals surface area contributed by atoms with E-state index in [0.29, 0.717) is 17.2 Å². The van der Waals surface area contributed by atoms with E-state index in [0.717, 1.165) is 4.42 Å². The molecular formula is C20H21Cl2N3O6. The van der Waals surface area contributed by atoms with Crippen molar-refractivity contribution in [3.05, 3.63) is 35.4 Å². The molecular weight excluding hydrogens is 449 g/mol. The number of halogens is 2. The van der Waals surface area contributed by atoms with Crippen LogP contribution in [0.15, 0.2) is 40.6 Å². The first-order valence-electron chi connectivity index (χ1n) is 8.81. The van der Waals surface area contributed by atoms with Gasteiger partial charge in [0, 0.05) is 30.0 Å². The van der Waals surface area contributed by atoms with Crippen molar-refractivity contribution in [2.45, 2.75) is 13.0 Å². The van der Waals surface area contributed by atoms with Crippen molar-refractivity contribution >= 4 is 46.4 Å². The van der Waals surface area contributed by atoms with Crippen LogP contribution in [0.3, 0.4) is 0 Å². The first kappa shape index (κ1) is 24.2. The molecule has 1 amide bonds. The fourth-order valence-corrected chi connectivity index (χ4v) is 2.94. The maximum Gasteiger partial charge on any atom is 0.276 e. The van der Waals surface area contributed by atoms with Crippen LogP contribution >= 0.6 is 23.4 Å². The maximum absolute atomic E-state index is 12.9. The molecule has 2 aromatic rings. The van der Waals surface area contributed by atoms with Gasteiger partial charge in [0.1, 0.15) is 22.9 Å². The molecule has 0 spiro atoms. The predicted molar refractivity (Wildman–Crippen MR) is 116 cm³/mol. The Bertz CT molecular complexity index is 999. The van der Waals surface area contributed by atoms with Gasteiger partial charge in [0.2, 0.25) is 6.04 Å². The molecule has 31 heavy (non-hydrogen) atoms. The van der Waals surface area contributed by atoms with Crippen molar-refractivity contribution in [3.63, 3.8) is 0 Å². The van der Waals surface area contributed by atoms with Crippen LogP contribution in [0.25, 0.3) is 0 Å². The number of carbonyl (C=O) groups excluding carboxylic acids is 2. The third-order valence-electron chi connectivity index (χ3n) is 4.14. The number of Topliss-reactive ketones (excluding diaryl/α,β-unsaturated/α-hetero) is 1. The molecule has 9 nitrogen and oxygen atoms in total. The molecule has 1 atom stereocenters. The summed E-state index contributed by atoms with van der Waals surface area (Å²) in [7, 11) is 5.81. The van der Waals surface area contributed by atoms with E-state index in [1.54, 1.807) is 12.1 Å². The normalized spacial score (nSPS) is 11.7. The lowest BCUT2D eigenvalue weighted by molar-refractivity contribution is -0.126. The van der Waals surface area contributed by atoms with Crippen molar-refractivity contribution in [3.8, 4) is 23.0 Å². The Morgan fingerprint density at radius 3 is 2.10 bits per heavy atom. The number of hydrogen-bond acceptors (Lipinski definition) is 8. The number of amides is 1. The van der Waals surface area contributed by atoms with Gasteiger partial charge in [0.15, 0.2) is 17.3 Å². The van der Waals surface area contributed by atoms with Gasteiger partial charge >= 0.3 is 0 Å². The standard InChI is InChI=1S/C20H21Cl2N3O6/c1-11(26)19(24-23-14-10-18(31-5)17(30-4)9-13(14)21)20(27)25(22)15-7-6-12(28-2)8-16(15)29-3/h6-10,19H,1-5H3. The second-order valence-electron chi connectivity index (χ2n) is 6.04. The van der Waals surface area contributed by atoms with Crippen LogP contribution in [0.2, 0.25) is 5.02 Å². The Balaban J connectivity index is 2.36. The third kappa shape index (κ3) is 5.56. The lowest BCUT2D eigenvalue weighted by Crippen LogP contribution is -2.36. The van der Waals surface area contributed by atoms with Crippen LogP contribution in [0.1, 0.15) is 6.92 Å². The largest absolute Gasteiger partial charge is 0.497 e. The molecule has 0 aliphatic rings. The van der Waals surface area contributed by atoms with Gasteiger partial charge in [-0.3, -0.25) is 9.59 Å². The molecule has 2 aromatic carbocycles. The summed E-state index contributed by atoms with van der Waals surface area (Å²) in [4.78, 5) is 25.0. The van der Waals surface area contributed by atoms with Crippen molar-refractivity contribution < 1.29 is 28.5 Å². The van der Waals surface area contributed by atoms with Crippen LogP contribution < -0.4 is 23.4 Å². The quantitative estimate of drug-likeness (QED) is 0.302. The predicted octanol–water partition coefficient (Wildman–Crippen LogP) is 4.60. The number of rotatable bonds is 9. The summed E-state index contributed by atoms with van der Waals surface area (Å²) >= 11 is 12.4. The monoisotopic (exact) mass is 469 g/mol. The average Bonchev–Trinajstić information content (AvgIpc) is 2.78. The highest BCUT2D eigenvalue weighted by Gasteiger charge is 2.30. The summed E-state index contributed by atoms with van der Waals surface area (Å²) in [5.74, 6) is 0.132. The highest BCUT2D eigenvalue weighted by atomic mass is 35.5. The summed E-state index contributed by atoms with van der Waals surface area (Å²) in [6, 6.07) is 6.10. The minimum atomic E-state index is -1.51. The molecule has 2 rings (SSSR count). The zero-order valence-electron chi connectivity index (χ0n) is 17.5. The fourth-order valence-electron chi connectivity index (χ4n) is 2.52. The molecule has 0 heterocycles. The zero-order chi connectivity index (χ0) is 23.1. The first-order valence-corrected chi connectivity index (χ1v) is 9.53. The maximum atomic E-state index is 12.9. The Morgan fingerprint density at radius 2 is 1.55 bits per heavy atom. The highest BCUT2D eigenvalue weighted by Crippen LogP contribution is 2.38. The smallest absolute Gasteiger partial charge is 0.276 e. The molecule has 166 valence electrons. The summed E-state index contributed by atoms with van der Waals surface area (Å²) in [6.07, 6.45) is 0. The van der Waals surface area contributed by atoms with E-state index < -0.39 is 17.7 Å². The molecule has 0 saturated heterocycles. The molecule has 0 saturated carbocycles. The van der Waals surface area contributed by atoms with Gasteiger partial charge < -0.3 is 18.9 Å². The number of hydrogen-bond donors (Lipinski definition) is 0. The van der Waals surface area contributed by atoms with Gasteiger partial charge in [-0.05, 0) is 19.1 Å². The topological polar surface area (TPSA) is 99.0 Å². The average molecular weight is 470 g/mol. The SMILES string of the molecule is COc1ccc(N(Cl)C(=O)C(N=Nc2cc(OC)c(OC)cc2Cl)C(C)=O)c(OC)c1. The van der Waals surface area contributed by atoms with Gasteiger partial charge in [-0.25, -0.2) is 4.42 Å². The molecule has 0 N–H and O–H groups in total. The molecule has 0 aliphatic heterocycles. The lowest BCUT2D eigenvalue weighted by Gasteiger charge is -2.19. The Kier molecular flexibility index (Phi) is 8.47. The van der Waals surface area contributed by atoms with Gasteiger partial charge in [-0.15, -0.1) is 0 Å². The number of ketones is 1. The van der Waals surface area contributed by atoms with Crippen molar-refractivity contribution in [2.75, 3.05) is 32.9 Å². The van der Waals surface area contributed by atoms with Crippen LogP contribution in [0, 0.1) is 0 Å². The van der Waals surface area contributed by atoms with Crippen LogP contribution in [0.5, 0.6) is 23.0 Å². The van der Waals surface area contributed by atoms with Gasteiger partial charge in [-0.1, -0.05) is 11.6 Å². The summed E-state index contributed by atoms with van der Waals surface area (Å²) in [5, 5.41) is 8.02. The zero-order valence-corrected chi connectivity index (χ0v) is 19.0. The highest BCUT2D eigenvalue weighted by molar-refractivity contribution is 6.39. The number of methoxy groups -OCH3 is 4. The number of anilines is 1. The van der Waals surface area contributed by atoms with E-state index in [9.17, 15) is 9.59 Å². The van der Waals surface area contributed by atoms with Crippen molar-refractivity contribution in [1.29, 1.82) is 0 Å². The van der Waals surface area contributed by atoms with E-state index in [4.69, 9.17) is 42.3 Å². The van der Waals surface area contributed by atoms with E-state index in [-0.39, 0.29) is 22.1 Å². The third-order valence-corrected chi connectivity index (χ3v) is 4.80. The van der Waals surface area contributed by atoms with E-state index >= 15 is 0 Å². The molecule has 0 aliphatic carbocycles. The number of nitrogens with zero attached hydrogens (tertiary/aromatic N) is 3. The summed E-state index contributed by atoms with van der Waals surface area (Å²) < 4.78 is 21.5. The van der Waals surface area contributed by atoms with Crippen molar-refractivity contribution in [2.24, 2.45) is 10.2 Å². The van der Waals surface area contributed by atoms with Gasteiger partial charge in [-0.2, -0.15) is 10.2 Å². The second-order valence-corrected chi connectivity index (χ2v) is 6.79. The number of benzene rings is 2. The minimum absolute atomic E-state index is 0.182. The van der Waals surface area contributed by atoms with E-state index in [2.05, 4.69) is 10.2 Å². The second kappa shape index (κ2) is 10.8. The minimum Gasteiger partial charge on any atom is -0.497 e.